The highest BCUT2D eigenvalue weighted by atomic mass is 32.2. The highest BCUT2D eigenvalue weighted by Gasteiger charge is 2.29. The number of rotatable bonds is 4. The summed E-state index contributed by atoms with van der Waals surface area (Å²) in [7, 11) is -4.63. The zero-order valence-corrected chi connectivity index (χ0v) is 14.7. The molecular formula is C17H22F2N2O3S. The third-order valence-electron chi connectivity index (χ3n) is 5.11. The van der Waals surface area contributed by atoms with Crippen molar-refractivity contribution in [2.75, 3.05) is 26.2 Å². The van der Waals surface area contributed by atoms with Crippen molar-refractivity contribution in [2.45, 2.75) is 42.4 Å². The predicted octanol–water partition coefficient (Wildman–Crippen LogP) is 2.38. The van der Waals surface area contributed by atoms with Crippen LogP contribution < -0.4 is 0 Å². The summed E-state index contributed by atoms with van der Waals surface area (Å²) in [6.45, 7) is 2.95. The second kappa shape index (κ2) is 7.37. The van der Waals surface area contributed by atoms with Gasteiger partial charge in [-0.05, 0) is 37.1 Å². The Labute approximate surface area is 146 Å². The monoisotopic (exact) mass is 372 g/mol. The number of carbonyl (C=O) groups is 1. The summed E-state index contributed by atoms with van der Waals surface area (Å²) < 4.78 is 47.9. The maximum absolute atomic E-state index is 12.5. The molecule has 2 aliphatic rings. The number of alkyl halides is 2. The SMILES string of the molecule is O=C(c1ccc(S(=O)(=O)C(F)F)cc1)N1CCN(C2CCCC2)CC1. The number of piperazine rings is 1. The molecule has 0 N–H and O–H groups in total. The Hall–Kier alpha value is -1.54. The molecule has 2 fully saturated rings. The Morgan fingerprint density at radius 3 is 2.08 bits per heavy atom. The van der Waals surface area contributed by atoms with Gasteiger partial charge in [-0.1, -0.05) is 12.8 Å². The van der Waals surface area contributed by atoms with Crippen LogP contribution in [0.25, 0.3) is 0 Å². The summed E-state index contributed by atoms with van der Waals surface area (Å²) in [4.78, 5) is 16.2. The Morgan fingerprint density at radius 2 is 1.56 bits per heavy atom. The lowest BCUT2D eigenvalue weighted by Gasteiger charge is -2.38. The average Bonchev–Trinajstić information content (AvgIpc) is 3.16. The van der Waals surface area contributed by atoms with Crippen LogP contribution in [0.2, 0.25) is 0 Å². The fourth-order valence-electron chi connectivity index (χ4n) is 3.63. The van der Waals surface area contributed by atoms with E-state index in [4.69, 9.17) is 0 Å². The Kier molecular flexibility index (Phi) is 5.38. The third kappa shape index (κ3) is 3.84. The van der Waals surface area contributed by atoms with Crippen LogP contribution in [0, 0.1) is 0 Å². The van der Waals surface area contributed by atoms with E-state index < -0.39 is 20.5 Å². The van der Waals surface area contributed by atoms with Crippen LogP contribution in [0.5, 0.6) is 0 Å². The molecule has 1 saturated carbocycles. The summed E-state index contributed by atoms with van der Waals surface area (Å²) in [6.07, 6.45) is 5.01. The lowest BCUT2D eigenvalue weighted by molar-refractivity contribution is 0.0573. The minimum Gasteiger partial charge on any atom is -0.336 e. The molecule has 0 radical (unpaired) electrons. The van der Waals surface area contributed by atoms with Crippen molar-refractivity contribution in [3.05, 3.63) is 29.8 Å². The van der Waals surface area contributed by atoms with Crippen LogP contribution in [0.4, 0.5) is 8.78 Å². The summed E-state index contributed by atoms with van der Waals surface area (Å²) in [6, 6.07) is 5.39. The number of carbonyl (C=O) groups excluding carboxylic acids is 1. The van der Waals surface area contributed by atoms with Crippen molar-refractivity contribution in [3.8, 4) is 0 Å². The number of nitrogens with zero attached hydrogens (tertiary/aromatic N) is 2. The summed E-state index contributed by atoms with van der Waals surface area (Å²) in [5, 5.41) is 0. The van der Waals surface area contributed by atoms with Crippen LogP contribution in [0.15, 0.2) is 29.2 Å². The van der Waals surface area contributed by atoms with Crippen molar-refractivity contribution in [1.29, 1.82) is 0 Å². The zero-order chi connectivity index (χ0) is 18.0. The lowest BCUT2D eigenvalue weighted by Crippen LogP contribution is -2.51. The average molecular weight is 372 g/mol. The van der Waals surface area contributed by atoms with E-state index in [1.807, 2.05) is 0 Å². The van der Waals surface area contributed by atoms with Gasteiger partial charge in [-0.2, -0.15) is 8.78 Å². The normalized spacial score (nSPS) is 20.4. The van der Waals surface area contributed by atoms with Gasteiger partial charge in [-0.25, -0.2) is 8.42 Å². The van der Waals surface area contributed by atoms with Gasteiger partial charge in [0.25, 0.3) is 5.91 Å². The van der Waals surface area contributed by atoms with E-state index in [-0.39, 0.29) is 5.91 Å². The number of sulfone groups is 1. The maximum atomic E-state index is 12.5. The molecule has 0 unspecified atom stereocenters. The zero-order valence-electron chi connectivity index (χ0n) is 13.9. The third-order valence-corrected chi connectivity index (χ3v) is 6.51. The van der Waals surface area contributed by atoms with E-state index in [0.29, 0.717) is 24.7 Å². The first-order valence-electron chi connectivity index (χ1n) is 8.55. The summed E-state index contributed by atoms with van der Waals surface area (Å²) in [5.74, 6) is -3.65. The molecule has 0 atom stereocenters. The van der Waals surface area contributed by atoms with Gasteiger partial charge in [0.1, 0.15) is 0 Å². The topological polar surface area (TPSA) is 57.7 Å². The van der Waals surface area contributed by atoms with Gasteiger partial charge in [0.05, 0.1) is 4.90 Å². The van der Waals surface area contributed by atoms with E-state index in [2.05, 4.69) is 4.90 Å². The van der Waals surface area contributed by atoms with Crippen molar-refractivity contribution < 1.29 is 22.0 Å². The molecule has 1 aliphatic heterocycles. The highest BCUT2D eigenvalue weighted by molar-refractivity contribution is 7.91. The van der Waals surface area contributed by atoms with E-state index in [0.717, 1.165) is 25.2 Å². The summed E-state index contributed by atoms with van der Waals surface area (Å²) in [5.41, 5.74) is 0.322. The van der Waals surface area contributed by atoms with Gasteiger partial charge < -0.3 is 4.90 Å². The minimum absolute atomic E-state index is 0.188. The molecule has 1 aliphatic carbocycles. The number of benzene rings is 1. The molecule has 0 bridgehead atoms. The van der Waals surface area contributed by atoms with Gasteiger partial charge >= 0.3 is 5.76 Å². The maximum Gasteiger partial charge on any atom is 0.341 e. The van der Waals surface area contributed by atoms with Crippen molar-refractivity contribution >= 4 is 15.7 Å². The van der Waals surface area contributed by atoms with Crippen molar-refractivity contribution in [3.63, 3.8) is 0 Å². The molecule has 1 heterocycles. The Bertz CT molecular complexity index is 708. The lowest BCUT2D eigenvalue weighted by atomic mass is 10.1. The van der Waals surface area contributed by atoms with Crippen molar-refractivity contribution in [1.82, 2.24) is 9.80 Å². The largest absolute Gasteiger partial charge is 0.341 e. The van der Waals surface area contributed by atoms with Gasteiger partial charge in [-0.15, -0.1) is 0 Å². The molecule has 1 amide bonds. The second-order valence-electron chi connectivity index (χ2n) is 6.60. The molecule has 1 saturated heterocycles. The quantitative estimate of drug-likeness (QED) is 0.814. The van der Waals surface area contributed by atoms with Crippen LogP contribution in [0.3, 0.4) is 0 Å². The molecular weight excluding hydrogens is 350 g/mol. The minimum atomic E-state index is -4.63. The van der Waals surface area contributed by atoms with Gasteiger partial charge in [-0.3, -0.25) is 9.69 Å². The first kappa shape index (κ1) is 18.3. The Balaban J connectivity index is 1.62. The van der Waals surface area contributed by atoms with Crippen LogP contribution >= 0.6 is 0 Å². The number of hydrogen-bond donors (Lipinski definition) is 0. The predicted molar refractivity (Wildman–Crippen MR) is 89.4 cm³/mol. The molecule has 8 heteroatoms. The van der Waals surface area contributed by atoms with Crippen LogP contribution in [-0.4, -0.2) is 62.1 Å². The fourth-order valence-corrected chi connectivity index (χ4v) is 4.35. The van der Waals surface area contributed by atoms with Gasteiger partial charge in [0, 0.05) is 37.8 Å². The molecule has 25 heavy (non-hydrogen) atoms. The smallest absolute Gasteiger partial charge is 0.336 e. The van der Waals surface area contributed by atoms with Gasteiger partial charge in [0.15, 0.2) is 0 Å². The second-order valence-corrected chi connectivity index (χ2v) is 8.51. The number of halogens is 2. The first-order valence-corrected chi connectivity index (χ1v) is 10.1. The Morgan fingerprint density at radius 1 is 1.00 bits per heavy atom. The van der Waals surface area contributed by atoms with Crippen molar-refractivity contribution in [2.24, 2.45) is 0 Å². The number of hydrogen-bond acceptors (Lipinski definition) is 4. The highest BCUT2D eigenvalue weighted by Crippen LogP contribution is 2.25. The molecule has 0 aromatic heterocycles. The fraction of sp³-hybridized carbons (Fsp3) is 0.588. The molecule has 1 aromatic carbocycles. The molecule has 5 nitrogen and oxygen atoms in total. The van der Waals surface area contributed by atoms with Gasteiger partial charge in [0.2, 0.25) is 9.84 Å². The molecule has 138 valence electrons. The van der Waals surface area contributed by atoms with E-state index in [1.165, 1.54) is 37.8 Å². The van der Waals surface area contributed by atoms with Crippen LogP contribution in [0.1, 0.15) is 36.0 Å². The molecule has 1 aromatic rings. The standard InChI is InChI=1S/C17H22F2N2O3S/c18-17(19)25(23,24)15-7-5-13(6-8-15)16(22)21-11-9-20(10-12-21)14-3-1-2-4-14/h5-8,14,17H,1-4,9-12H2. The summed E-state index contributed by atoms with van der Waals surface area (Å²) >= 11 is 0. The van der Waals surface area contributed by atoms with Crippen LogP contribution in [-0.2, 0) is 9.84 Å². The van der Waals surface area contributed by atoms with E-state index in [1.54, 1.807) is 4.90 Å². The van der Waals surface area contributed by atoms with E-state index in [9.17, 15) is 22.0 Å². The molecule has 0 spiro atoms. The molecule has 3 rings (SSSR count). The number of amides is 1. The van der Waals surface area contributed by atoms with E-state index >= 15 is 0 Å². The first-order chi connectivity index (χ1) is 11.9.